The number of ether oxygens (including phenoxy) is 1. The Kier molecular flexibility index (Phi) is 8.42. The molecular formula is C21H25F3N4O2. The van der Waals surface area contributed by atoms with Gasteiger partial charge in [0.2, 0.25) is 5.91 Å². The summed E-state index contributed by atoms with van der Waals surface area (Å²) in [4.78, 5) is 12.2. The number of nitriles is 1. The van der Waals surface area contributed by atoms with Crippen LogP contribution in [0.25, 0.3) is 0 Å². The van der Waals surface area contributed by atoms with E-state index in [1.807, 2.05) is 13.8 Å². The number of amides is 1. The van der Waals surface area contributed by atoms with Crippen molar-refractivity contribution in [3.63, 3.8) is 0 Å². The van der Waals surface area contributed by atoms with E-state index in [0.717, 1.165) is 22.5 Å². The first-order chi connectivity index (χ1) is 14.2. The summed E-state index contributed by atoms with van der Waals surface area (Å²) in [5.41, 5.74) is 4.33. The Morgan fingerprint density at radius 2 is 1.90 bits per heavy atom. The average molecular weight is 422 g/mol. The maximum absolute atomic E-state index is 12.2. The molecule has 0 unspecified atom stereocenters. The number of halogens is 3. The lowest BCUT2D eigenvalue weighted by Gasteiger charge is -2.09. The van der Waals surface area contributed by atoms with Crippen molar-refractivity contribution in [2.24, 2.45) is 0 Å². The average Bonchev–Trinajstić information content (AvgIpc) is 2.96. The number of aromatic nitrogens is 2. The van der Waals surface area contributed by atoms with E-state index >= 15 is 0 Å². The molecule has 0 aliphatic carbocycles. The molecule has 162 valence electrons. The Morgan fingerprint density at radius 3 is 2.53 bits per heavy atom. The van der Waals surface area contributed by atoms with E-state index in [4.69, 9.17) is 5.26 Å². The van der Waals surface area contributed by atoms with Crippen LogP contribution in [0.15, 0.2) is 24.3 Å². The van der Waals surface area contributed by atoms with Gasteiger partial charge in [-0.2, -0.15) is 23.5 Å². The normalized spacial score (nSPS) is 11.3. The van der Waals surface area contributed by atoms with Gasteiger partial charge in [-0.25, -0.2) is 0 Å². The Balaban J connectivity index is 1.77. The predicted molar refractivity (Wildman–Crippen MR) is 104 cm³/mol. The lowest BCUT2D eigenvalue weighted by Crippen LogP contribution is -2.23. The second-order valence-electron chi connectivity index (χ2n) is 6.98. The topological polar surface area (TPSA) is 79.9 Å². The number of alkyl halides is 3. The van der Waals surface area contributed by atoms with Crippen LogP contribution in [0, 0.1) is 25.2 Å². The van der Waals surface area contributed by atoms with Gasteiger partial charge in [-0.1, -0.05) is 24.3 Å². The number of hydrogen-bond donors (Lipinski definition) is 1. The molecule has 1 heterocycles. The largest absolute Gasteiger partial charge is 0.411 e. The number of nitrogens with one attached hydrogen (secondary N) is 1. The number of hydrogen-bond acceptors (Lipinski definition) is 4. The second kappa shape index (κ2) is 10.8. The van der Waals surface area contributed by atoms with Gasteiger partial charge in [0.05, 0.1) is 31.3 Å². The summed E-state index contributed by atoms with van der Waals surface area (Å²) in [6.45, 7) is 3.30. The minimum Gasteiger partial charge on any atom is -0.367 e. The second-order valence-corrected chi connectivity index (χ2v) is 6.98. The number of benzene rings is 1. The third kappa shape index (κ3) is 7.52. The molecule has 0 saturated carbocycles. The monoisotopic (exact) mass is 422 g/mol. The van der Waals surface area contributed by atoms with Crippen molar-refractivity contribution in [3.05, 3.63) is 52.3 Å². The molecule has 0 spiro atoms. The van der Waals surface area contributed by atoms with Crippen molar-refractivity contribution in [3.8, 4) is 6.07 Å². The summed E-state index contributed by atoms with van der Waals surface area (Å²) < 4.78 is 42.7. The highest BCUT2D eigenvalue weighted by Gasteiger charge is 2.27. The summed E-state index contributed by atoms with van der Waals surface area (Å²) >= 11 is 0. The number of carbonyl (C=O) groups excluding carboxylic acids is 1. The third-order valence-electron chi connectivity index (χ3n) is 4.62. The molecule has 0 aliphatic rings. The van der Waals surface area contributed by atoms with Crippen molar-refractivity contribution >= 4 is 5.91 Å². The molecule has 0 atom stereocenters. The molecule has 0 bridgehead atoms. The number of nitrogens with zero attached hydrogens (tertiary/aromatic N) is 3. The van der Waals surface area contributed by atoms with E-state index < -0.39 is 12.8 Å². The first kappa shape index (κ1) is 23.4. The van der Waals surface area contributed by atoms with Crippen molar-refractivity contribution < 1.29 is 22.7 Å². The van der Waals surface area contributed by atoms with E-state index in [1.54, 1.807) is 28.9 Å². The summed E-state index contributed by atoms with van der Waals surface area (Å²) in [6.07, 6.45) is -3.08. The molecule has 0 fully saturated rings. The van der Waals surface area contributed by atoms with Crippen LogP contribution in [0.5, 0.6) is 0 Å². The molecular weight excluding hydrogens is 397 g/mol. The summed E-state index contributed by atoms with van der Waals surface area (Å²) in [7, 11) is 0. The maximum Gasteiger partial charge on any atom is 0.411 e. The highest BCUT2D eigenvalue weighted by Crippen LogP contribution is 2.17. The zero-order valence-corrected chi connectivity index (χ0v) is 17.1. The molecule has 0 radical (unpaired) electrons. The van der Waals surface area contributed by atoms with E-state index in [9.17, 15) is 18.0 Å². The van der Waals surface area contributed by atoms with Crippen molar-refractivity contribution in [1.29, 1.82) is 5.26 Å². The Hall–Kier alpha value is -2.86. The highest BCUT2D eigenvalue weighted by molar-refractivity contribution is 5.76. The fourth-order valence-corrected chi connectivity index (χ4v) is 3.03. The van der Waals surface area contributed by atoms with Crippen LogP contribution in [0.1, 0.15) is 40.9 Å². The lowest BCUT2D eigenvalue weighted by molar-refractivity contribution is -0.176. The quantitative estimate of drug-likeness (QED) is 0.633. The Labute approximate surface area is 173 Å². The van der Waals surface area contributed by atoms with Crippen molar-refractivity contribution in [2.75, 3.05) is 6.61 Å². The molecule has 30 heavy (non-hydrogen) atoms. The third-order valence-corrected chi connectivity index (χ3v) is 4.62. The molecule has 2 rings (SSSR count). The molecule has 1 aromatic heterocycles. The minimum absolute atomic E-state index is 0.101. The van der Waals surface area contributed by atoms with E-state index in [2.05, 4.69) is 21.2 Å². The molecule has 1 amide bonds. The standard InChI is InChI=1S/C21H25F3N4O2/c1-15-19(16(2)28(27-15)11-3-10-25)8-9-20(29)26-12-17-4-6-18(7-5-17)13-30-14-21(22,23)24/h4-7H,3,8-9,11-14H2,1-2H3,(H,26,29). The fourth-order valence-electron chi connectivity index (χ4n) is 3.03. The fraction of sp³-hybridized carbons (Fsp3) is 0.476. The predicted octanol–water partition coefficient (Wildman–Crippen LogP) is 3.74. The zero-order valence-electron chi connectivity index (χ0n) is 17.1. The van der Waals surface area contributed by atoms with Gasteiger partial charge in [0.15, 0.2) is 0 Å². The number of aryl methyl sites for hydroxylation is 2. The minimum atomic E-state index is -4.34. The first-order valence-electron chi connectivity index (χ1n) is 9.58. The van der Waals surface area contributed by atoms with E-state index in [-0.39, 0.29) is 12.5 Å². The van der Waals surface area contributed by atoms with E-state index in [0.29, 0.717) is 37.9 Å². The van der Waals surface area contributed by atoms with Crippen molar-refractivity contribution in [2.45, 2.75) is 59.0 Å². The van der Waals surface area contributed by atoms with Gasteiger partial charge < -0.3 is 10.1 Å². The zero-order chi connectivity index (χ0) is 22.1. The molecule has 9 heteroatoms. The van der Waals surface area contributed by atoms with Gasteiger partial charge in [0, 0.05) is 18.7 Å². The lowest BCUT2D eigenvalue weighted by atomic mass is 10.1. The van der Waals surface area contributed by atoms with Crippen LogP contribution >= 0.6 is 0 Å². The molecule has 6 nitrogen and oxygen atoms in total. The molecule has 0 aliphatic heterocycles. The summed E-state index contributed by atoms with van der Waals surface area (Å²) in [5.74, 6) is -0.101. The van der Waals surface area contributed by atoms with Gasteiger partial charge >= 0.3 is 6.18 Å². The molecule has 2 aromatic rings. The number of carbonyl (C=O) groups is 1. The van der Waals surface area contributed by atoms with Crippen LogP contribution in [0.3, 0.4) is 0 Å². The van der Waals surface area contributed by atoms with Gasteiger partial charge in [-0.3, -0.25) is 9.48 Å². The maximum atomic E-state index is 12.2. The molecule has 1 aromatic carbocycles. The van der Waals surface area contributed by atoms with Gasteiger partial charge in [-0.15, -0.1) is 0 Å². The van der Waals surface area contributed by atoms with E-state index in [1.165, 1.54) is 0 Å². The SMILES string of the molecule is Cc1nn(CCC#N)c(C)c1CCC(=O)NCc1ccc(COCC(F)(F)F)cc1. The van der Waals surface area contributed by atoms with Crippen LogP contribution in [-0.2, 0) is 35.6 Å². The van der Waals surface area contributed by atoms with Crippen LogP contribution in [0.2, 0.25) is 0 Å². The van der Waals surface area contributed by atoms with Gasteiger partial charge in [0.1, 0.15) is 6.61 Å². The summed E-state index contributed by atoms with van der Waals surface area (Å²) in [6, 6.07) is 8.96. The summed E-state index contributed by atoms with van der Waals surface area (Å²) in [5, 5.41) is 16.0. The molecule has 1 N–H and O–H groups in total. The molecule has 0 saturated heterocycles. The smallest absolute Gasteiger partial charge is 0.367 e. The first-order valence-corrected chi connectivity index (χ1v) is 9.58. The van der Waals surface area contributed by atoms with Crippen LogP contribution in [0.4, 0.5) is 13.2 Å². The van der Waals surface area contributed by atoms with Crippen LogP contribution < -0.4 is 5.32 Å². The van der Waals surface area contributed by atoms with Crippen LogP contribution in [-0.4, -0.2) is 28.5 Å². The highest BCUT2D eigenvalue weighted by atomic mass is 19.4. The van der Waals surface area contributed by atoms with Crippen molar-refractivity contribution in [1.82, 2.24) is 15.1 Å². The number of rotatable bonds is 10. The van der Waals surface area contributed by atoms with Gasteiger partial charge in [-0.05, 0) is 37.0 Å². The Morgan fingerprint density at radius 1 is 1.23 bits per heavy atom. The van der Waals surface area contributed by atoms with Gasteiger partial charge in [0.25, 0.3) is 0 Å². The Bertz CT molecular complexity index is 883.